The lowest BCUT2D eigenvalue weighted by Crippen LogP contribution is -2.39. The molecule has 3 nitrogen and oxygen atoms in total. The summed E-state index contributed by atoms with van der Waals surface area (Å²) in [5, 5.41) is 3.05. The number of amides is 1. The Bertz CT molecular complexity index is 714. The van der Waals surface area contributed by atoms with Crippen LogP contribution < -0.4 is 10.2 Å². The van der Waals surface area contributed by atoms with Crippen LogP contribution in [0.3, 0.4) is 0 Å². The van der Waals surface area contributed by atoms with Gasteiger partial charge in [-0.1, -0.05) is 24.3 Å². The maximum absolute atomic E-state index is 13.3. The van der Waals surface area contributed by atoms with Crippen LogP contribution in [0, 0.1) is 12.7 Å². The van der Waals surface area contributed by atoms with Gasteiger partial charge in [-0.25, -0.2) is 4.39 Å². The summed E-state index contributed by atoms with van der Waals surface area (Å²) in [6, 6.07) is 12.7. The predicted octanol–water partition coefficient (Wildman–Crippen LogP) is 3.52. The minimum absolute atomic E-state index is 0.00103. The van der Waals surface area contributed by atoms with Gasteiger partial charge in [0, 0.05) is 17.4 Å². The van der Waals surface area contributed by atoms with Crippen molar-refractivity contribution in [1.29, 1.82) is 0 Å². The largest absolute Gasteiger partial charge is 0.376 e. The van der Waals surface area contributed by atoms with Crippen LogP contribution in [0.15, 0.2) is 42.5 Å². The van der Waals surface area contributed by atoms with E-state index in [9.17, 15) is 9.18 Å². The average molecular weight is 298 g/mol. The third-order valence-corrected chi connectivity index (χ3v) is 4.11. The number of aryl methyl sites for hydroxylation is 1. The van der Waals surface area contributed by atoms with Crippen molar-refractivity contribution in [1.82, 2.24) is 0 Å². The van der Waals surface area contributed by atoms with E-state index in [4.69, 9.17) is 0 Å². The first kappa shape index (κ1) is 14.6. The average Bonchev–Trinajstić information content (AvgIpc) is 2.83. The molecule has 0 saturated carbocycles. The van der Waals surface area contributed by atoms with Gasteiger partial charge in [0.1, 0.15) is 5.82 Å². The third kappa shape index (κ3) is 2.69. The van der Waals surface area contributed by atoms with Crippen molar-refractivity contribution >= 4 is 17.3 Å². The van der Waals surface area contributed by atoms with Gasteiger partial charge >= 0.3 is 0 Å². The molecule has 0 aromatic heterocycles. The Balaban J connectivity index is 1.74. The maximum atomic E-state index is 13.3. The van der Waals surface area contributed by atoms with E-state index in [0.29, 0.717) is 5.69 Å². The van der Waals surface area contributed by atoms with Crippen LogP contribution in [0.2, 0.25) is 0 Å². The van der Waals surface area contributed by atoms with Crippen molar-refractivity contribution in [3.63, 3.8) is 0 Å². The van der Waals surface area contributed by atoms with Gasteiger partial charge in [-0.2, -0.15) is 0 Å². The number of fused-ring (bicyclic) bond motifs is 1. The number of carbonyl (C=O) groups is 1. The second-order valence-corrected chi connectivity index (χ2v) is 5.76. The van der Waals surface area contributed by atoms with Crippen molar-refractivity contribution in [3.05, 3.63) is 59.4 Å². The molecule has 4 heteroatoms. The molecule has 0 unspecified atom stereocenters. The van der Waals surface area contributed by atoms with Gasteiger partial charge in [-0.05, 0) is 49.6 Å². The van der Waals surface area contributed by atoms with Crippen LogP contribution in [-0.4, -0.2) is 18.5 Å². The van der Waals surface area contributed by atoms with E-state index in [2.05, 4.69) is 11.4 Å². The lowest BCUT2D eigenvalue weighted by Gasteiger charge is -2.23. The molecule has 1 aliphatic heterocycles. The summed E-state index contributed by atoms with van der Waals surface area (Å²) in [5.41, 5.74) is 3.76. The van der Waals surface area contributed by atoms with Crippen LogP contribution in [0.4, 0.5) is 15.8 Å². The summed E-state index contributed by atoms with van der Waals surface area (Å²) >= 11 is 0. The number of nitrogens with one attached hydrogen (secondary N) is 1. The zero-order valence-corrected chi connectivity index (χ0v) is 12.8. The number of hydrogen-bond acceptors (Lipinski definition) is 2. The molecule has 2 aromatic carbocycles. The summed E-state index contributed by atoms with van der Waals surface area (Å²) in [5.74, 6) is -0.304. The number of carbonyl (C=O) groups excluding carboxylic acids is 1. The fourth-order valence-corrected chi connectivity index (χ4v) is 2.99. The molecule has 0 fully saturated rings. The van der Waals surface area contributed by atoms with Crippen molar-refractivity contribution in [2.45, 2.75) is 26.3 Å². The van der Waals surface area contributed by atoms with E-state index in [1.54, 1.807) is 6.07 Å². The summed E-state index contributed by atoms with van der Waals surface area (Å²) < 4.78 is 13.3. The number of nitrogens with zero attached hydrogens (tertiary/aromatic N) is 1. The van der Waals surface area contributed by atoms with Gasteiger partial charge in [-0.3, -0.25) is 4.79 Å². The van der Waals surface area contributed by atoms with Crippen molar-refractivity contribution in [3.8, 4) is 0 Å². The minimum atomic E-state index is -0.305. The van der Waals surface area contributed by atoms with Gasteiger partial charge in [0.15, 0.2) is 0 Å². The molecule has 1 heterocycles. The maximum Gasteiger partial charge on any atom is 0.246 e. The van der Waals surface area contributed by atoms with Crippen molar-refractivity contribution < 1.29 is 9.18 Å². The lowest BCUT2D eigenvalue weighted by molar-refractivity contribution is -0.117. The molecule has 0 bridgehead atoms. The predicted molar refractivity (Wildman–Crippen MR) is 86.7 cm³/mol. The molecule has 1 N–H and O–H groups in total. The molecule has 114 valence electrons. The Labute approximate surface area is 129 Å². The highest BCUT2D eigenvalue weighted by Crippen LogP contribution is 2.31. The quantitative estimate of drug-likeness (QED) is 0.940. The highest BCUT2D eigenvalue weighted by Gasteiger charge is 2.30. The number of halogens is 1. The van der Waals surface area contributed by atoms with E-state index in [-0.39, 0.29) is 24.3 Å². The van der Waals surface area contributed by atoms with Gasteiger partial charge in [0.2, 0.25) is 5.91 Å². The van der Waals surface area contributed by atoms with E-state index < -0.39 is 0 Å². The molecule has 0 spiro atoms. The Morgan fingerprint density at radius 3 is 2.91 bits per heavy atom. The van der Waals surface area contributed by atoms with Crippen LogP contribution >= 0.6 is 0 Å². The molecule has 1 aliphatic rings. The number of hydrogen-bond donors (Lipinski definition) is 1. The Hall–Kier alpha value is -2.36. The third-order valence-electron chi connectivity index (χ3n) is 4.11. The monoisotopic (exact) mass is 298 g/mol. The lowest BCUT2D eigenvalue weighted by atomic mass is 10.1. The van der Waals surface area contributed by atoms with E-state index in [0.717, 1.165) is 17.7 Å². The Kier molecular flexibility index (Phi) is 3.84. The van der Waals surface area contributed by atoms with E-state index in [1.165, 1.54) is 17.7 Å². The van der Waals surface area contributed by atoms with Crippen LogP contribution in [0.25, 0.3) is 0 Å². The molecule has 0 radical (unpaired) electrons. The molecule has 0 aliphatic carbocycles. The molecule has 3 rings (SSSR count). The summed E-state index contributed by atoms with van der Waals surface area (Å²) in [6.45, 7) is 4.09. The van der Waals surface area contributed by atoms with Gasteiger partial charge in [0.05, 0.1) is 6.54 Å². The molecule has 1 atom stereocenters. The second kappa shape index (κ2) is 5.79. The number of rotatable bonds is 3. The summed E-state index contributed by atoms with van der Waals surface area (Å²) in [6.07, 6.45) is 0.876. The molecular formula is C18H19FN2O. The second-order valence-electron chi connectivity index (χ2n) is 5.76. The van der Waals surface area contributed by atoms with E-state index in [1.807, 2.05) is 36.9 Å². The van der Waals surface area contributed by atoms with Gasteiger partial charge in [-0.15, -0.1) is 0 Å². The molecule has 22 heavy (non-hydrogen) atoms. The highest BCUT2D eigenvalue weighted by molar-refractivity contribution is 5.98. The van der Waals surface area contributed by atoms with E-state index >= 15 is 0 Å². The smallest absolute Gasteiger partial charge is 0.246 e. The van der Waals surface area contributed by atoms with Crippen LogP contribution in [-0.2, 0) is 11.2 Å². The highest BCUT2D eigenvalue weighted by atomic mass is 19.1. The fraction of sp³-hybridized carbons (Fsp3) is 0.278. The minimum Gasteiger partial charge on any atom is -0.376 e. The van der Waals surface area contributed by atoms with Crippen molar-refractivity contribution in [2.24, 2.45) is 0 Å². The topological polar surface area (TPSA) is 32.3 Å². The summed E-state index contributed by atoms with van der Waals surface area (Å²) in [4.78, 5) is 14.4. The van der Waals surface area contributed by atoms with Crippen LogP contribution in [0.5, 0.6) is 0 Å². The molecule has 1 amide bonds. The molecule has 0 saturated heterocycles. The summed E-state index contributed by atoms with van der Waals surface area (Å²) in [7, 11) is 0. The van der Waals surface area contributed by atoms with Crippen molar-refractivity contribution in [2.75, 3.05) is 16.8 Å². The first-order valence-corrected chi connectivity index (χ1v) is 7.46. The Morgan fingerprint density at radius 1 is 1.32 bits per heavy atom. The van der Waals surface area contributed by atoms with Crippen LogP contribution in [0.1, 0.15) is 18.1 Å². The molecular weight excluding hydrogens is 279 g/mol. The standard InChI is InChI=1S/C18H19FN2O/c1-12-7-8-15(19)10-16(12)20-11-18(22)21-13(2)9-14-5-3-4-6-17(14)21/h3-8,10,13,20H,9,11H2,1-2H3/t13-/m0/s1. The van der Waals surface area contributed by atoms with Gasteiger partial charge < -0.3 is 10.2 Å². The zero-order valence-electron chi connectivity index (χ0n) is 12.8. The molecule has 2 aromatic rings. The fourth-order valence-electron chi connectivity index (χ4n) is 2.99. The number of anilines is 2. The SMILES string of the molecule is Cc1ccc(F)cc1NCC(=O)N1c2ccccc2C[C@@H]1C. The zero-order chi connectivity index (χ0) is 15.7. The first-order chi connectivity index (χ1) is 10.6. The normalized spacial score (nSPS) is 16.5. The number of benzene rings is 2. The number of para-hydroxylation sites is 1. The Morgan fingerprint density at radius 2 is 2.09 bits per heavy atom. The first-order valence-electron chi connectivity index (χ1n) is 7.46. The van der Waals surface area contributed by atoms with Gasteiger partial charge in [0.25, 0.3) is 0 Å².